The van der Waals surface area contributed by atoms with E-state index in [1.165, 1.54) is 5.69 Å². The van der Waals surface area contributed by atoms with Gasteiger partial charge in [-0.05, 0) is 37.6 Å². The van der Waals surface area contributed by atoms with E-state index in [1.54, 1.807) is 0 Å². The van der Waals surface area contributed by atoms with Crippen molar-refractivity contribution in [2.45, 2.75) is 13.8 Å². The van der Waals surface area contributed by atoms with Crippen molar-refractivity contribution in [3.05, 3.63) is 71.3 Å². The Labute approximate surface area is 142 Å². The average Bonchev–Trinajstić information content (AvgIpc) is 2.99. The standard InChI is InChI=1S/C20H20N2O2/c1-3-22(4-2)17-12-10-15(11-13-17)14-18-19(21-24-20(18)23)16-8-6-5-7-9-16/h5-14H,3-4H2,1-2H3. The molecule has 0 fully saturated rings. The van der Waals surface area contributed by atoms with E-state index in [4.69, 9.17) is 4.84 Å². The van der Waals surface area contributed by atoms with Crippen LogP contribution in [0.15, 0.2) is 65.3 Å². The lowest BCUT2D eigenvalue weighted by Crippen LogP contribution is -2.21. The normalized spacial score (nSPS) is 15.3. The Bertz CT molecular complexity index is 773. The van der Waals surface area contributed by atoms with Gasteiger partial charge in [0.1, 0.15) is 5.71 Å². The van der Waals surface area contributed by atoms with Gasteiger partial charge in [-0.3, -0.25) is 0 Å². The molecule has 0 aliphatic carbocycles. The minimum absolute atomic E-state index is 0.415. The van der Waals surface area contributed by atoms with Gasteiger partial charge < -0.3 is 9.74 Å². The first-order chi connectivity index (χ1) is 11.7. The molecule has 0 amide bonds. The Kier molecular flexibility index (Phi) is 4.75. The number of oxime groups is 1. The summed E-state index contributed by atoms with van der Waals surface area (Å²) in [5.74, 6) is -0.415. The molecule has 0 N–H and O–H groups in total. The van der Waals surface area contributed by atoms with Crippen molar-refractivity contribution >= 4 is 23.4 Å². The van der Waals surface area contributed by atoms with E-state index in [0.717, 1.165) is 24.2 Å². The van der Waals surface area contributed by atoms with Crippen molar-refractivity contribution in [1.29, 1.82) is 0 Å². The fraction of sp³-hybridized carbons (Fsp3) is 0.200. The van der Waals surface area contributed by atoms with Crippen molar-refractivity contribution in [3.63, 3.8) is 0 Å². The first-order valence-corrected chi connectivity index (χ1v) is 8.14. The second-order valence-corrected chi connectivity index (χ2v) is 5.51. The second-order valence-electron chi connectivity index (χ2n) is 5.51. The molecule has 4 heteroatoms. The van der Waals surface area contributed by atoms with Gasteiger partial charge in [-0.2, -0.15) is 0 Å². The maximum Gasteiger partial charge on any atom is 0.368 e. The topological polar surface area (TPSA) is 41.9 Å². The third-order valence-corrected chi connectivity index (χ3v) is 4.07. The summed E-state index contributed by atoms with van der Waals surface area (Å²) < 4.78 is 0. The zero-order valence-electron chi connectivity index (χ0n) is 13.9. The second kappa shape index (κ2) is 7.13. The quantitative estimate of drug-likeness (QED) is 0.620. The molecule has 0 radical (unpaired) electrons. The number of nitrogens with zero attached hydrogens (tertiary/aromatic N) is 2. The van der Waals surface area contributed by atoms with Gasteiger partial charge in [0.2, 0.25) is 0 Å². The maximum atomic E-state index is 12.0. The van der Waals surface area contributed by atoms with Crippen molar-refractivity contribution in [3.8, 4) is 0 Å². The molecule has 2 aromatic rings. The van der Waals surface area contributed by atoms with Crippen LogP contribution in [0.25, 0.3) is 6.08 Å². The van der Waals surface area contributed by atoms with Gasteiger partial charge in [0.15, 0.2) is 0 Å². The van der Waals surface area contributed by atoms with Gasteiger partial charge in [0.05, 0.1) is 5.57 Å². The average molecular weight is 320 g/mol. The van der Waals surface area contributed by atoms with Gasteiger partial charge in [-0.15, -0.1) is 0 Å². The van der Waals surface area contributed by atoms with Crippen LogP contribution in [-0.4, -0.2) is 24.8 Å². The molecule has 122 valence electrons. The van der Waals surface area contributed by atoms with Gasteiger partial charge >= 0.3 is 5.97 Å². The lowest BCUT2D eigenvalue weighted by atomic mass is 10.0. The number of hydrogen-bond acceptors (Lipinski definition) is 4. The molecule has 0 atom stereocenters. The van der Waals surface area contributed by atoms with Gasteiger partial charge in [-0.1, -0.05) is 47.6 Å². The van der Waals surface area contributed by atoms with E-state index < -0.39 is 5.97 Å². The third-order valence-electron chi connectivity index (χ3n) is 4.07. The summed E-state index contributed by atoms with van der Waals surface area (Å²) in [7, 11) is 0. The van der Waals surface area contributed by atoms with Crippen molar-refractivity contribution in [2.75, 3.05) is 18.0 Å². The molecule has 1 heterocycles. The predicted molar refractivity (Wildman–Crippen MR) is 97.1 cm³/mol. The van der Waals surface area contributed by atoms with Gasteiger partial charge in [0, 0.05) is 24.3 Å². The Morgan fingerprint density at radius 1 is 1.00 bits per heavy atom. The smallest absolute Gasteiger partial charge is 0.368 e. The predicted octanol–water partition coefficient (Wildman–Crippen LogP) is 3.88. The van der Waals surface area contributed by atoms with Crippen LogP contribution in [0.4, 0.5) is 5.69 Å². The van der Waals surface area contributed by atoms with Gasteiger partial charge in [0.25, 0.3) is 0 Å². The van der Waals surface area contributed by atoms with Crippen LogP contribution in [0, 0.1) is 0 Å². The molecule has 1 aliphatic rings. The summed E-state index contributed by atoms with van der Waals surface area (Å²) in [6.45, 7) is 6.20. The highest BCUT2D eigenvalue weighted by molar-refractivity contribution is 6.31. The van der Waals surface area contributed by atoms with E-state index in [0.29, 0.717) is 11.3 Å². The van der Waals surface area contributed by atoms with Crippen LogP contribution in [-0.2, 0) is 9.63 Å². The summed E-state index contributed by atoms with van der Waals surface area (Å²) in [4.78, 5) is 19.2. The SMILES string of the molecule is CCN(CC)c1ccc(C=C2C(=O)ON=C2c2ccccc2)cc1. The summed E-state index contributed by atoms with van der Waals surface area (Å²) >= 11 is 0. The Morgan fingerprint density at radius 2 is 1.67 bits per heavy atom. The molecule has 0 unspecified atom stereocenters. The lowest BCUT2D eigenvalue weighted by molar-refractivity contribution is -0.136. The van der Waals surface area contributed by atoms with Crippen LogP contribution in [0.5, 0.6) is 0 Å². The molecule has 0 saturated carbocycles. The van der Waals surface area contributed by atoms with Crippen LogP contribution in [0.3, 0.4) is 0 Å². The molecule has 2 aromatic carbocycles. The fourth-order valence-electron chi connectivity index (χ4n) is 2.75. The summed E-state index contributed by atoms with van der Waals surface area (Å²) in [6.07, 6.45) is 1.83. The fourth-order valence-corrected chi connectivity index (χ4v) is 2.75. The molecule has 4 nitrogen and oxygen atoms in total. The van der Waals surface area contributed by atoms with E-state index in [9.17, 15) is 4.79 Å². The van der Waals surface area contributed by atoms with Crippen molar-refractivity contribution < 1.29 is 9.63 Å². The lowest BCUT2D eigenvalue weighted by Gasteiger charge is -2.20. The van der Waals surface area contributed by atoms with E-state index in [1.807, 2.05) is 48.5 Å². The molecular weight excluding hydrogens is 300 g/mol. The molecule has 0 saturated heterocycles. The first kappa shape index (κ1) is 16.0. The number of rotatable bonds is 5. The molecular formula is C20H20N2O2. The highest BCUT2D eigenvalue weighted by Gasteiger charge is 2.26. The number of anilines is 1. The molecule has 0 bridgehead atoms. The minimum atomic E-state index is -0.415. The zero-order chi connectivity index (χ0) is 16.9. The summed E-state index contributed by atoms with van der Waals surface area (Å²) in [5, 5.41) is 3.93. The largest absolute Gasteiger partial charge is 0.372 e. The van der Waals surface area contributed by atoms with E-state index >= 15 is 0 Å². The first-order valence-electron chi connectivity index (χ1n) is 8.14. The van der Waals surface area contributed by atoms with Crippen LogP contribution in [0.1, 0.15) is 25.0 Å². The number of carbonyl (C=O) groups is 1. The highest BCUT2D eigenvalue weighted by atomic mass is 16.7. The number of carbonyl (C=O) groups excluding carboxylic acids is 1. The van der Waals surface area contributed by atoms with Gasteiger partial charge in [-0.25, -0.2) is 4.79 Å². The van der Waals surface area contributed by atoms with Crippen molar-refractivity contribution in [2.24, 2.45) is 5.16 Å². The maximum absolute atomic E-state index is 12.0. The molecule has 0 spiro atoms. The zero-order valence-corrected chi connectivity index (χ0v) is 13.9. The molecule has 24 heavy (non-hydrogen) atoms. The van der Waals surface area contributed by atoms with E-state index in [-0.39, 0.29) is 0 Å². The summed E-state index contributed by atoms with van der Waals surface area (Å²) in [6, 6.07) is 17.7. The highest BCUT2D eigenvalue weighted by Crippen LogP contribution is 2.22. The number of benzene rings is 2. The van der Waals surface area contributed by atoms with Crippen LogP contribution < -0.4 is 4.90 Å². The minimum Gasteiger partial charge on any atom is -0.372 e. The van der Waals surface area contributed by atoms with Crippen LogP contribution >= 0.6 is 0 Å². The molecule has 0 aromatic heterocycles. The summed E-state index contributed by atoms with van der Waals surface area (Å²) in [5.41, 5.74) is 4.05. The Hall–Kier alpha value is -2.88. The Morgan fingerprint density at radius 3 is 2.29 bits per heavy atom. The van der Waals surface area contributed by atoms with E-state index in [2.05, 4.69) is 36.0 Å². The number of hydrogen-bond donors (Lipinski definition) is 0. The molecule has 3 rings (SSSR count). The monoisotopic (exact) mass is 320 g/mol. The molecule has 1 aliphatic heterocycles. The van der Waals surface area contributed by atoms with Crippen molar-refractivity contribution in [1.82, 2.24) is 0 Å². The Balaban J connectivity index is 1.89. The third kappa shape index (κ3) is 3.23. The van der Waals surface area contributed by atoms with Crippen LogP contribution in [0.2, 0.25) is 0 Å².